The average Bonchev–Trinajstić information content (AvgIpc) is 3.60. The van der Waals surface area contributed by atoms with Crippen LogP contribution in [0.2, 0.25) is 5.02 Å². The van der Waals surface area contributed by atoms with E-state index in [-0.39, 0.29) is 5.02 Å². The molecule has 0 saturated heterocycles. The zero-order valence-corrected chi connectivity index (χ0v) is 20.8. The molecule has 0 unspecified atom stereocenters. The van der Waals surface area contributed by atoms with E-state index >= 15 is 4.39 Å². The lowest BCUT2D eigenvalue weighted by Gasteiger charge is -2.32. The van der Waals surface area contributed by atoms with E-state index in [0.29, 0.717) is 38.0 Å². The Bertz CT molecular complexity index is 1460. The molecule has 0 aliphatic rings. The normalized spacial score (nSPS) is 11.3. The number of imidazole rings is 2. The highest BCUT2D eigenvalue weighted by Crippen LogP contribution is 2.44. The van der Waals surface area contributed by atoms with Crippen LogP contribution < -0.4 is 10.6 Å². The van der Waals surface area contributed by atoms with Gasteiger partial charge in [-0.25, -0.2) is 14.4 Å². The zero-order chi connectivity index (χ0) is 25.1. The summed E-state index contributed by atoms with van der Waals surface area (Å²) in [5, 5.41) is 2.15. The van der Waals surface area contributed by atoms with E-state index in [1.807, 2.05) is 30.6 Å². The van der Waals surface area contributed by atoms with Crippen molar-refractivity contribution in [1.29, 1.82) is 0 Å². The van der Waals surface area contributed by atoms with Crippen LogP contribution in [0.4, 0.5) is 10.1 Å². The Balaban J connectivity index is 1.87. The second kappa shape index (κ2) is 10.5. The third kappa shape index (κ3) is 4.47. The topological polar surface area (TPSA) is 86.6 Å². The maximum absolute atomic E-state index is 15.5. The Labute approximate surface area is 214 Å². The van der Waals surface area contributed by atoms with Crippen molar-refractivity contribution in [2.45, 2.75) is 26.3 Å². The molecule has 8 heteroatoms. The first-order valence-electron chi connectivity index (χ1n) is 12.0. The number of H-pyrrole nitrogens is 2. The van der Waals surface area contributed by atoms with Crippen LogP contribution in [0.15, 0.2) is 67.5 Å². The third-order valence-corrected chi connectivity index (χ3v) is 6.81. The highest BCUT2D eigenvalue weighted by molar-refractivity contribution is 6.31. The Morgan fingerprint density at radius 2 is 1.67 bits per heavy atom. The van der Waals surface area contributed by atoms with Gasteiger partial charge in [-0.1, -0.05) is 54.9 Å². The summed E-state index contributed by atoms with van der Waals surface area (Å²) in [6, 6.07) is 13.4. The minimum atomic E-state index is -0.412. The second-order valence-corrected chi connectivity index (χ2v) is 9.13. The van der Waals surface area contributed by atoms with Gasteiger partial charge in [-0.3, -0.25) is 0 Å². The van der Waals surface area contributed by atoms with Gasteiger partial charge in [0.25, 0.3) is 0 Å². The Hall–Kier alpha value is -3.68. The first-order valence-corrected chi connectivity index (χ1v) is 12.4. The van der Waals surface area contributed by atoms with Crippen LogP contribution in [0.25, 0.3) is 21.9 Å². The fourth-order valence-electron chi connectivity index (χ4n) is 5.04. The van der Waals surface area contributed by atoms with E-state index in [1.54, 1.807) is 24.8 Å². The van der Waals surface area contributed by atoms with E-state index in [0.717, 1.165) is 44.5 Å². The summed E-state index contributed by atoms with van der Waals surface area (Å²) < 4.78 is 15.5. The summed E-state index contributed by atoms with van der Waals surface area (Å²) in [5.41, 5.74) is 12.7. The van der Waals surface area contributed by atoms with Crippen LogP contribution in [0.5, 0.6) is 0 Å². The van der Waals surface area contributed by atoms with Gasteiger partial charge >= 0.3 is 0 Å². The molecule has 5 aromatic rings. The van der Waals surface area contributed by atoms with Crippen molar-refractivity contribution in [3.05, 3.63) is 101 Å². The van der Waals surface area contributed by atoms with Crippen molar-refractivity contribution in [1.82, 2.24) is 19.9 Å². The van der Waals surface area contributed by atoms with Crippen LogP contribution in [0.1, 0.15) is 29.4 Å². The molecule has 4 N–H and O–H groups in total. The number of benzene rings is 3. The summed E-state index contributed by atoms with van der Waals surface area (Å²) in [6.45, 7) is 3.79. The summed E-state index contributed by atoms with van der Waals surface area (Å²) in [6.07, 6.45) is 8.37. The first-order chi connectivity index (χ1) is 17.6. The fourth-order valence-corrected chi connectivity index (χ4v) is 5.21. The van der Waals surface area contributed by atoms with E-state index in [2.05, 4.69) is 43.9 Å². The minimum absolute atomic E-state index is 0.109. The fraction of sp³-hybridized carbons (Fsp3) is 0.214. The Morgan fingerprint density at radius 1 is 0.944 bits per heavy atom. The molecule has 0 amide bonds. The molecular weight excluding hydrogens is 475 g/mol. The van der Waals surface area contributed by atoms with Crippen molar-refractivity contribution in [2.75, 3.05) is 18.0 Å². The van der Waals surface area contributed by atoms with Gasteiger partial charge in [0.15, 0.2) is 0 Å². The molecule has 6 nitrogen and oxygen atoms in total. The van der Waals surface area contributed by atoms with Crippen LogP contribution in [0, 0.1) is 5.82 Å². The van der Waals surface area contributed by atoms with Gasteiger partial charge < -0.3 is 20.6 Å². The monoisotopic (exact) mass is 502 g/mol. The maximum atomic E-state index is 15.5. The van der Waals surface area contributed by atoms with Gasteiger partial charge in [-0.05, 0) is 39.9 Å². The molecule has 0 aliphatic carbocycles. The minimum Gasteiger partial charge on any atom is -0.364 e. The number of hydrogen-bond acceptors (Lipinski definition) is 4. The smallest absolute Gasteiger partial charge is 0.149 e. The van der Waals surface area contributed by atoms with Crippen LogP contribution in [-0.2, 0) is 19.4 Å². The van der Waals surface area contributed by atoms with Gasteiger partial charge in [0.05, 0.1) is 29.9 Å². The number of aromatic nitrogens is 4. The number of rotatable bonds is 9. The van der Waals surface area contributed by atoms with Gasteiger partial charge in [0.2, 0.25) is 0 Å². The lowest BCUT2D eigenvalue weighted by molar-refractivity contribution is 0.631. The zero-order valence-electron chi connectivity index (χ0n) is 20.1. The third-order valence-electron chi connectivity index (χ3n) is 6.52. The van der Waals surface area contributed by atoms with Crippen molar-refractivity contribution < 1.29 is 4.39 Å². The predicted molar refractivity (Wildman–Crippen MR) is 144 cm³/mol. The van der Waals surface area contributed by atoms with Gasteiger partial charge in [-0.2, -0.15) is 0 Å². The molecular formula is C28H28ClFN6. The summed E-state index contributed by atoms with van der Waals surface area (Å²) in [7, 11) is 0. The van der Waals surface area contributed by atoms with Crippen molar-refractivity contribution >= 4 is 28.1 Å². The molecule has 5 rings (SSSR count). The molecule has 2 aromatic heterocycles. The average molecular weight is 503 g/mol. The highest BCUT2D eigenvalue weighted by Gasteiger charge is 2.25. The van der Waals surface area contributed by atoms with E-state index in [4.69, 9.17) is 17.3 Å². The molecule has 0 fully saturated rings. The first kappa shape index (κ1) is 24.0. The number of nitrogens with two attached hydrogens (primary N) is 1. The Morgan fingerprint density at radius 3 is 2.33 bits per heavy atom. The summed E-state index contributed by atoms with van der Waals surface area (Å²) in [4.78, 5) is 17.2. The SMILES string of the molecule is CCc1c(N(CCN)Cc2cnc[nH]2)c(Cc2cnc[nH]2)c2ccccc2c1-c1cccc(Cl)c1F. The predicted octanol–water partition coefficient (Wildman–Crippen LogP) is 5.86. The van der Waals surface area contributed by atoms with E-state index in [1.165, 1.54) is 0 Å². The standard InChI is InChI=1S/C28H28ClFN6/c1-2-20-26(23-8-5-9-25(29)27(23)30)22-7-4-3-6-21(22)24(12-18-13-32-16-34-18)28(20)36(11-10-31)15-19-14-33-17-35-19/h3-9,13-14,16-17H,2,10-12,15,31H2,1H3,(H,32,34)(H,33,35). The number of aromatic amines is 2. The van der Waals surface area contributed by atoms with Gasteiger partial charge in [0, 0.05) is 48.8 Å². The molecule has 0 saturated carbocycles. The summed E-state index contributed by atoms with van der Waals surface area (Å²) in [5.74, 6) is -0.412. The number of anilines is 1. The van der Waals surface area contributed by atoms with Crippen LogP contribution in [-0.4, -0.2) is 33.0 Å². The number of fused-ring (bicyclic) bond motifs is 1. The lowest BCUT2D eigenvalue weighted by atomic mass is 9.85. The number of halogens is 2. The van der Waals surface area contributed by atoms with Crippen LogP contribution in [0.3, 0.4) is 0 Å². The van der Waals surface area contributed by atoms with Crippen molar-refractivity contribution in [3.63, 3.8) is 0 Å². The van der Waals surface area contributed by atoms with Gasteiger partial charge in [0.1, 0.15) is 5.82 Å². The molecule has 36 heavy (non-hydrogen) atoms. The number of nitrogens with one attached hydrogen (secondary N) is 2. The number of hydrogen-bond donors (Lipinski definition) is 3. The van der Waals surface area contributed by atoms with Crippen molar-refractivity contribution in [3.8, 4) is 11.1 Å². The molecule has 184 valence electrons. The molecule has 0 spiro atoms. The molecule has 0 atom stereocenters. The number of nitrogens with zero attached hydrogens (tertiary/aromatic N) is 3. The molecule has 3 aromatic carbocycles. The summed E-state index contributed by atoms with van der Waals surface area (Å²) >= 11 is 6.26. The quantitative estimate of drug-likeness (QED) is 0.235. The van der Waals surface area contributed by atoms with Crippen molar-refractivity contribution in [2.24, 2.45) is 5.73 Å². The maximum Gasteiger partial charge on any atom is 0.149 e. The van der Waals surface area contributed by atoms with E-state index < -0.39 is 5.82 Å². The largest absolute Gasteiger partial charge is 0.364 e. The second-order valence-electron chi connectivity index (χ2n) is 8.72. The molecule has 0 aliphatic heterocycles. The molecule has 0 radical (unpaired) electrons. The highest BCUT2D eigenvalue weighted by atomic mass is 35.5. The van der Waals surface area contributed by atoms with Gasteiger partial charge in [-0.15, -0.1) is 0 Å². The van der Waals surface area contributed by atoms with E-state index in [9.17, 15) is 0 Å². The molecule has 2 heterocycles. The Kier molecular flexibility index (Phi) is 7.02. The molecule has 0 bridgehead atoms. The van der Waals surface area contributed by atoms with Crippen LogP contribution >= 0.6 is 11.6 Å². The lowest BCUT2D eigenvalue weighted by Crippen LogP contribution is -2.31.